The van der Waals surface area contributed by atoms with Crippen molar-refractivity contribution in [2.75, 3.05) is 12.9 Å². The first kappa shape index (κ1) is 11.5. The first-order valence-electron chi connectivity index (χ1n) is 4.81. The maximum absolute atomic E-state index is 10.9. The van der Waals surface area contributed by atoms with Gasteiger partial charge >= 0.3 is 0 Å². The number of rotatable bonds is 4. The van der Waals surface area contributed by atoms with Gasteiger partial charge in [0.15, 0.2) is 0 Å². The summed E-state index contributed by atoms with van der Waals surface area (Å²) in [6.45, 7) is 0. The number of hydrogen-bond acceptors (Lipinski definition) is 2. The summed E-state index contributed by atoms with van der Waals surface area (Å²) in [4.78, 5) is 0. The molecule has 0 aromatic heterocycles. The van der Waals surface area contributed by atoms with Gasteiger partial charge in [0.05, 0.1) is 11.9 Å². The van der Waals surface area contributed by atoms with Crippen molar-refractivity contribution in [3.8, 4) is 0 Å². The van der Waals surface area contributed by atoms with E-state index in [0.717, 1.165) is 0 Å². The second-order valence-electron chi connectivity index (χ2n) is 3.63. The maximum Gasteiger partial charge on any atom is 0.117 e. The highest BCUT2D eigenvalue weighted by atomic mass is 35.7. The van der Waals surface area contributed by atoms with Gasteiger partial charge in [-0.15, -0.1) is 0 Å². The van der Waals surface area contributed by atoms with Crippen LogP contribution < -0.4 is 0 Å². The molecule has 78 valence electrons. The van der Waals surface area contributed by atoms with E-state index in [-0.39, 0.29) is 6.10 Å². The topological polar surface area (TPSA) is 26.3 Å². The van der Waals surface area contributed by atoms with Crippen molar-refractivity contribution in [3.63, 3.8) is 0 Å². The monoisotopic (exact) mass is 224 g/mol. The third-order valence-electron chi connectivity index (χ3n) is 2.77. The van der Waals surface area contributed by atoms with Crippen LogP contribution in [0.5, 0.6) is 0 Å². The summed E-state index contributed by atoms with van der Waals surface area (Å²) in [6, 6.07) is 0. The Morgan fingerprint density at radius 3 is 2.54 bits per heavy atom. The summed E-state index contributed by atoms with van der Waals surface area (Å²) in [6.07, 6.45) is 6.38. The van der Waals surface area contributed by atoms with Crippen LogP contribution in [0, 0.1) is 5.92 Å². The van der Waals surface area contributed by atoms with Crippen molar-refractivity contribution in [3.05, 3.63) is 0 Å². The number of halogens is 1. The van der Waals surface area contributed by atoms with Gasteiger partial charge in [0.1, 0.15) is 10.0 Å². The zero-order chi connectivity index (χ0) is 9.68. The summed E-state index contributed by atoms with van der Waals surface area (Å²) >= 11 is 0. The Morgan fingerprint density at radius 2 is 2.08 bits per heavy atom. The Labute approximate surface area is 86.9 Å². The van der Waals surface area contributed by atoms with E-state index in [0.29, 0.717) is 11.7 Å². The van der Waals surface area contributed by atoms with E-state index in [4.69, 9.17) is 15.4 Å². The van der Waals surface area contributed by atoms with Crippen molar-refractivity contribution in [2.24, 2.45) is 5.92 Å². The fourth-order valence-electron chi connectivity index (χ4n) is 2.03. The van der Waals surface area contributed by atoms with Crippen LogP contribution in [-0.2, 0) is 14.7 Å². The Balaban J connectivity index is 2.39. The lowest BCUT2D eigenvalue weighted by Crippen LogP contribution is -2.29. The number of hydrogen-bond donors (Lipinski definition) is 0. The minimum atomic E-state index is -1.25. The van der Waals surface area contributed by atoms with Crippen LogP contribution in [0.4, 0.5) is 0 Å². The minimum absolute atomic E-state index is 0.0960. The fourth-order valence-corrected chi connectivity index (χ4v) is 3.07. The SMILES string of the molecule is COC(CS(=O)Cl)C1CCCCC1. The highest BCUT2D eigenvalue weighted by Crippen LogP contribution is 2.28. The largest absolute Gasteiger partial charge is 0.380 e. The molecule has 1 saturated carbocycles. The average Bonchev–Trinajstić information content (AvgIpc) is 2.15. The minimum Gasteiger partial charge on any atom is -0.380 e. The molecule has 0 radical (unpaired) electrons. The van der Waals surface area contributed by atoms with Crippen LogP contribution >= 0.6 is 10.7 Å². The number of methoxy groups -OCH3 is 1. The summed E-state index contributed by atoms with van der Waals surface area (Å²) in [5.41, 5.74) is 0. The molecule has 0 N–H and O–H groups in total. The molecule has 0 aromatic carbocycles. The Morgan fingerprint density at radius 1 is 1.46 bits per heavy atom. The van der Waals surface area contributed by atoms with Gasteiger partial charge in [-0.3, -0.25) is 0 Å². The first-order chi connectivity index (χ1) is 6.24. The van der Waals surface area contributed by atoms with Crippen LogP contribution in [0.1, 0.15) is 32.1 Å². The van der Waals surface area contributed by atoms with Crippen molar-refractivity contribution in [2.45, 2.75) is 38.2 Å². The smallest absolute Gasteiger partial charge is 0.117 e. The third kappa shape index (κ3) is 3.96. The normalized spacial score (nSPS) is 24.2. The molecule has 0 saturated heterocycles. The van der Waals surface area contributed by atoms with Gasteiger partial charge in [0, 0.05) is 7.11 Å². The van der Waals surface area contributed by atoms with E-state index in [1.807, 2.05) is 0 Å². The van der Waals surface area contributed by atoms with E-state index in [2.05, 4.69) is 0 Å². The highest BCUT2D eigenvalue weighted by Gasteiger charge is 2.24. The van der Waals surface area contributed by atoms with Gasteiger partial charge in [-0.1, -0.05) is 19.3 Å². The average molecular weight is 225 g/mol. The lowest BCUT2D eigenvalue weighted by atomic mass is 9.86. The zero-order valence-corrected chi connectivity index (χ0v) is 9.57. The van der Waals surface area contributed by atoms with Gasteiger partial charge in [-0.2, -0.15) is 0 Å². The molecule has 0 aliphatic heterocycles. The van der Waals surface area contributed by atoms with E-state index >= 15 is 0 Å². The van der Waals surface area contributed by atoms with E-state index in [1.165, 1.54) is 32.1 Å². The Bertz CT molecular complexity index is 169. The molecule has 0 spiro atoms. The van der Waals surface area contributed by atoms with Crippen molar-refractivity contribution in [1.29, 1.82) is 0 Å². The van der Waals surface area contributed by atoms with Crippen LogP contribution in [0.15, 0.2) is 0 Å². The van der Waals surface area contributed by atoms with Crippen molar-refractivity contribution >= 4 is 20.7 Å². The standard InChI is InChI=1S/C9H17ClO2S/c1-12-9(7-13(10)11)8-5-3-2-4-6-8/h8-9H,2-7H2,1H3. The molecule has 0 amide bonds. The molecule has 4 heteroatoms. The lowest BCUT2D eigenvalue weighted by Gasteiger charge is -2.28. The van der Waals surface area contributed by atoms with Crippen molar-refractivity contribution < 1.29 is 8.95 Å². The quantitative estimate of drug-likeness (QED) is 0.686. The molecule has 1 rings (SSSR count). The molecule has 0 bridgehead atoms. The van der Waals surface area contributed by atoms with Gasteiger partial charge in [-0.25, -0.2) is 4.21 Å². The van der Waals surface area contributed by atoms with Gasteiger partial charge in [0.2, 0.25) is 0 Å². The molecule has 2 atom stereocenters. The van der Waals surface area contributed by atoms with Crippen LogP contribution in [-0.4, -0.2) is 23.2 Å². The molecule has 1 fully saturated rings. The molecular formula is C9H17ClO2S. The second-order valence-corrected chi connectivity index (χ2v) is 5.57. The fraction of sp³-hybridized carbons (Fsp3) is 1.00. The third-order valence-corrected chi connectivity index (χ3v) is 3.74. The molecule has 1 aliphatic carbocycles. The van der Waals surface area contributed by atoms with Crippen LogP contribution in [0.3, 0.4) is 0 Å². The van der Waals surface area contributed by atoms with Crippen LogP contribution in [0.2, 0.25) is 0 Å². The summed E-state index contributed by atoms with van der Waals surface area (Å²) in [5, 5.41) is 0. The van der Waals surface area contributed by atoms with Gasteiger partial charge in [-0.05, 0) is 29.4 Å². The van der Waals surface area contributed by atoms with E-state index < -0.39 is 10.0 Å². The molecule has 2 unspecified atom stereocenters. The van der Waals surface area contributed by atoms with E-state index in [1.54, 1.807) is 7.11 Å². The van der Waals surface area contributed by atoms with E-state index in [9.17, 15) is 4.21 Å². The molecular weight excluding hydrogens is 208 g/mol. The molecule has 1 aliphatic rings. The lowest BCUT2D eigenvalue weighted by molar-refractivity contribution is 0.0538. The van der Waals surface area contributed by atoms with Gasteiger partial charge in [0.25, 0.3) is 0 Å². The highest BCUT2D eigenvalue weighted by molar-refractivity contribution is 8.08. The maximum atomic E-state index is 10.9. The zero-order valence-electron chi connectivity index (χ0n) is 8.00. The Kier molecular flexibility index (Phi) is 5.29. The predicted molar refractivity (Wildman–Crippen MR) is 56.2 cm³/mol. The summed E-state index contributed by atoms with van der Waals surface area (Å²) < 4.78 is 16.2. The number of ether oxygens (including phenoxy) is 1. The summed E-state index contributed by atoms with van der Waals surface area (Å²) in [5.74, 6) is 1.05. The molecule has 0 heterocycles. The second kappa shape index (κ2) is 5.99. The Hall–Kier alpha value is 0.400. The van der Waals surface area contributed by atoms with Gasteiger partial charge < -0.3 is 4.74 Å². The van der Waals surface area contributed by atoms with Crippen LogP contribution in [0.25, 0.3) is 0 Å². The predicted octanol–water partition coefficient (Wildman–Crippen LogP) is 2.48. The molecule has 13 heavy (non-hydrogen) atoms. The molecule has 2 nitrogen and oxygen atoms in total. The van der Waals surface area contributed by atoms with Crippen molar-refractivity contribution in [1.82, 2.24) is 0 Å². The first-order valence-corrected chi connectivity index (χ1v) is 6.96. The molecule has 0 aromatic rings. The summed E-state index contributed by atoms with van der Waals surface area (Å²) in [7, 11) is 5.90.